The van der Waals surface area contributed by atoms with Crippen LogP contribution in [0.1, 0.15) is 53.4 Å². The van der Waals surface area contributed by atoms with Crippen molar-refractivity contribution in [3.05, 3.63) is 0 Å². The summed E-state index contributed by atoms with van der Waals surface area (Å²) in [5.74, 6) is 0. The molecule has 1 aliphatic rings. The van der Waals surface area contributed by atoms with E-state index in [1.165, 1.54) is 0 Å². The van der Waals surface area contributed by atoms with Crippen LogP contribution in [0.3, 0.4) is 0 Å². The standard InChI is InChI=1S/C13H25NO2S/c1-6-8-13(17-5)9-7-10-14(13)11(15)16-12(2,3)4/h6-10H2,1-5H3. The predicted octanol–water partition coefficient (Wildman–Crippen LogP) is 3.88. The number of hydrogen-bond donors (Lipinski definition) is 0. The molecule has 1 fully saturated rings. The van der Waals surface area contributed by atoms with Crippen molar-refractivity contribution in [2.24, 2.45) is 0 Å². The molecule has 0 aliphatic carbocycles. The highest BCUT2D eigenvalue weighted by Crippen LogP contribution is 2.42. The van der Waals surface area contributed by atoms with Gasteiger partial charge in [-0.3, -0.25) is 4.90 Å². The molecule has 3 nitrogen and oxygen atoms in total. The molecular weight excluding hydrogens is 234 g/mol. The van der Waals surface area contributed by atoms with Crippen LogP contribution in [0.25, 0.3) is 0 Å². The Labute approximate surface area is 109 Å². The lowest BCUT2D eigenvalue weighted by molar-refractivity contribution is 0.0187. The zero-order valence-corrected chi connectivity index (χ0v) is 12.5. The van der Waals surface area contributed by atoms with Gasteiger partial charge in [-0.25, -0.2) is 4.79 Å². The molecule has 0 saturated carbocycles. The number of hydrogen-bond acceptors (Lipinski definition) is 3. The lowest BCUT2D eigenvalue weighted by Gasteiger charge is -2.37. The van der Waals surface area contributed by atoms with E-state index in [-0.39, 0.29) is 11.0 Å². The predicted molar refractivity (Wildman–Crippen MR) is 73.3 cm³/mol. The first-order valence-corrected chi connectivity index (χ1v) is 7.63. The maximum Gasteiger partial charge on any atom is 0.411 e. The summed E-state index contributed by atoms with van der Waals surface area (Å²) >= 11 is 1.79. The molecular formula is C13H25NO2S. The lowest BCUT2D eigenvalue weighted by Crippen LogP contribution is -2.46. The number of ether oxygens (including phenoxy) is 1. The number of thioether (sulfide) groups is 1. The third kappa shape index (κ3) is 3.54. The molecule has 1 amide bonds. The Kier molecular flexibility index (Phi) is 4.76. The summed E-state index contributed by atoms with van der Waals surface area (Å²) in [5.41, 5.74) is -0.407. The summed E-state index contributed by atoms with van der Waals surface area (Å²) in [5, 5.41) is 0. The van der Waals surface area contributed by atoms with Crippen LogP contribution in [0.2, 0.25) is 0 Å². The summed E-state index contributed by atoms with van der Waals surface area (Å²) in [6, 6.07) is 0. The number of carbonyl (C=O) groups excluding carboxylic acids is 1. The normalized spacial score (nSPS) is 25.1. The van der Waals surface area contributed by atoms with Gasteiger partial charge in [-0.1, -0.05) is 13.3 Å². The first-order chi connectivity index (χ1) is 7.84. The smallest absolute Gasteiger partial charge is 0.411 e. The Hall–Kier alpha value is -0.380. The van der Waals surface area contributed by atoms with Crippen molar-refractivity contribution in [1.29, 1.82) is 0 Å². The molecule has 1 unspecified atom stereocenters. The summed E-state index contributed by atoms with van der Waals surface area (Å²) in [6.07, 6.45) is 6.26. The number of carbonyl (C=O) groups is 1. The fraction of sp³-hybridized carbons (Fsp3) is 0.923. The zero-order chi connectivity index (χ0) is 13.1. The van der Waals surface area contributed by atoms with Gasteiger partial charge in [0.05, 0.1) is 4.87 Å². The molecule has 17 heavy (non-hydrogen) atoms. The van der Waals surface area contributed by atoms with Gasteiger partial charge in [-0.05, 0) is 46.3 Å². The molecule has 1 saturated heterocycles. The average Bonchev–Trinajstić information content (AvgIpc) is 2.60. The number of likely N-dealkylation sites (tertiary alicyclic amines) is 1. The second kappa shape index (κ2) is 5.51. The third-order valence-electron chi connectivity index (χ3n) is 3.08. The highest BCUT2D eigenvalue weighted by Gasteiger charge is 2.43. The van der Waals surface area contributed by atoms with Crippen molar-refractivity contribution in [1.82, 2.24) is 4.90 Å². The van der Waals surface area contributed by atoms with E-state index in [1.807, 2.05) is 25.7 Å². The Morgan fingerprint density at radius 1 is 1.47 bits per heavy atom. The monoisotopic (exact) mass is 259 g/mol. The molecule has 0 bridgehead atoms. The van der Waals surface area contributed by atoms with Crippen molar-refractivity contribution in [2.75, 3.05) is 12.8 Å². The Morgan fingerprint density at radius 2 is 2.12 bits per heavy atom. The van der Waals surface area contributed by atoms with Gasteiger partial charge in [0, 0.05) is 6.54 Å². The number of nitrogens with zero attached hydrogens (tertiary/aromatic N) is 1. The van der Waals surface area contributed by atoms with Gasteiger partial charge in [0.25, 0.3) is 0 Å². The third-order valence-corrected chi connectivity index (χ3v) is 4.46. The molecule has 100 valence electrons. The van der Waals surface area contributed by atoms with Crippen molar-refractivity contribution in [3.8, 4) is 0 Å². The minimum absolute atomic E-state index is 0.0307. The largest absolute Gasteiger partial charge is 0.444 e. The van der Waals surface area contributed by atoms with E-state index in [4.69, 9.17) is 4.74 Å². The van der Waals surface area contributed by atoms with E-state index in [0.29, 0.717) is 0 Å². The lowest BCUT2D eigenvalue weighted by atomic mass is 10.1. The Balaban J connectivity index is 2.77. The van der Waals surface area contributed by atoms with Crippen molar-refractivity contribution < 1.29 is 9.53 Å². The Morgan fingerprint density at radius 3 is 2.59 bits per heavy atom. The van der Waals surface area contributed by atoms with E-state index >= 15 is 0 Å². The highest BCUT2D eigenvalue weighted by molar-refractivity contribution is 7.99. The molecule has 0 radical (unpaired) electrons. The van der Waals surface area contributed by atoms with Crippen LogP contribution in [0.5, 0.6) is 0 Å². The maximum absolute atomic E-state index is 12.2. The number of rotatable bonds is 3. The van der Waals surface area contributed by atoms with E-state index in [2.05, 4.69) is 13.2 Å². The van der Waals surface area contributed by atoms with E-state index in [1.54, 1.807) is 11.8 Å². The topological polar surface area (TPSA) is 29.5 Å². The average molecular weight is 259 g/mol. The summed E-state index contributed by atoms with van der Waals surface area (Å²) in [7, 11) is 0. The SMILES string of the molecule is CCCC1(SC)CCCN1C(=O)OC(C)(C)C. The molecule has 0 aromatic carbocycles. The minimum atomic E-state index is -0.407. The van der Waals surface area contributed by atoms with Crippen LogP contribution in [-0.2, 0) is 4.74 Å². The first-order valence-electron chi connectivity index (χ1n) is 6.40. The fourth-order valence-electron chi connectivity index (χ4n) is 2.39. The van der Waals surface area contributed by atoms with Gasteiger partial charge in [0.1, 0.15) is 5.60 Å². The van der Waals surface area contributed by atoms with Crippen molar-refractivity contribution >= 4 is 17.9 Å². The van der Waals surface area contributed by atoms with Gasteiger partial charge < -0.3 is 4.74 Å². The highest BCUT2D eigenvalue weighted by atomic mass is 32.2. The molecule has 1 rings (SSSR count). The van der Waals surface area contributed by atoms with E-state index in [9.17, 15) is 4.79 Å². The van der Waals surface area contributed by atoms with Crippen LogP contribution in [-0.4, -0.2) is 34.3 Å². The number of amides is 1. The van der Waals surface area contributed by atoms with Crippen LogP contribution in [0.4, 0.5) is 4.79 Å². The maximum atomic E-state index is 12.2. The second-order valence-electron chi connectivity index (χ2n) is 5.64. The zero-order valence-electron chi connectivity index (χ0n) is 11.7. The van der Waals surface area contributed by atoms with Crippen LogP contribution in [0, 0.1) is 0 Å². The summed E-state index contributed by atoms with van der Waals surface area (Å²) in [6.45, 7) is 8.75. The van der Waals surface area contributed by atoms with Gasteiger partial charge in [0.2, 0.25) is 0 Å². The second-order valence-corrected chi connectivity index (χ2v) is 6.80. The van der Waals surface area contributed by atoms with Crippen molar-refractivity contribution in [3.63, 3.8) is 0 Å². The minimum Gasteiger partial charge on any atom is -0.444 e. The first kappa shape index (κ1) is 14.7. The van der Waals surface area contributed by atoms with Crippen LogP contribution < -0.4 is 0 Å². The van der Waals surface area contributed by atoms with Gasteiger partial charge in [-0.2, -0.15) is 0 Å². The van der Waals surface area contributed by atoms with Gasteiger partial charge in [0.15, 0.2) is 0 Å². The van der Waals surface area contributed by atoms with Gasteiger partial charge in [-0.15, -0.1) is 11.8 Å². The molecule has 4 heteroatoms. The summed E-state index contributed by atoms with van der Waals surface area (Å²) in [4.78, 5) is 14.1. The molecule has 1 aliphatic heterocycles. The summed E-state index contributed by atoms with van der Waals surface area (Å²) < 4.78 is 5.50. The van der Waals surface area contributed by atoms with E-state index in [0.717, 1.165) is 32.2 Å². The molecule has 0 N–H and O–H groups in total. The van der Waals surface area contributed by atoms with Crippen molar-refractivity contribution in [2.45, 2.75) is 63.9 Å². The molecule has 1 atom stereocenters. The fourth-order valence-corrected chi connectivity index (χ4v) is 3.53. The van der Waals surface area contributed by atoms with E-state index < -0.39 is 5.60 Å². The van der Waals surface area contributed by atoms with Crippen LogP contribution in [0.15, 0.2) is 0 Å². The molecule has 0 aromatic heterocycles. The molecule has 1 heterocycles. The Bertz CT molecular complexity index is 275. The quantitative estimate of drug-likeness (QED) is 0.770. The molecule has 0 aromatic rings. The molecule has 0 spiro atoms. The van der Waals surface area contributed by atoms with Gasteiger partial charge >= 0.3 is 6.09 Å². The van der Waals surface area contributed by atoms with Crippen LogP contribution >= 0.6 is 11.8 Å².